The molecule has 170 valence electrons. The van der Waals surface area contributed by atoms with Crippen molar-refractivity contribution < 1.29 is 17.9 Å². The molecule has 0 aliphatic rings. The summed E-state index contributed by atoms with van der Waals surface area (Å²) in [6.07, 6.45) is 0. The second-order valence-electron chi connectivity index (χ2n) is 6.88. The van der Waals surface area contributed by atoms with Crippen LogP contribution in [0.3, 0.4) is 0 Å². The number of aromatic nitrogens is 2. The van der Waals surface area contributed by atoms with Gasteiger partial charge < -0.3 is 4.74 Å². The standard InChI is InChI=1S/C22H17Cl2N3O4S2/c1-26(33(29,30)18-7-5-17(31-2)6-8-18)22(28)19-13-20(21-4-3-9-32-21)27(25-19)16-11-14(23)10-15(24)12-16/h3-13H,1-2H3. The smallest absolute Gasteiger partial charge is 0.287 e. The lowest BCUT2D eigenvalue weighted by atomic mass is 10.2. The number of hydrogen-bond donors (Lipinski definition) is 0. The number of benzene rings is 2. The third-order valence-electron chi connectivity index (χ3n) is 4.80. The van der Waals surface area contributed by atoms with E-state index in [4.69, 9.17) is 27.9 Å². The maximum Gasteiger partial charge on any atom is 0.287 e. The quantitative estimate of drug-likeness (QED) is 0.340. The molecule has 11 heteroatoms. The summed E-state index contributed by atoms with van der Waals surface area (Å²) in [4.78, 5) is 14.0. The van der Waals surface area contributed by atoms with E-state index in [0.717, 1.165) is 4.88 Å². The first-order valence-electron chi connectivity index (χ1n) is 9.48. The van der Waals surface area contributed by atoms with Gasteiger partial charge in [0, 0.05) is 17.1 Å². The minimum atomic E-state index is -4.11. The Kier molecular flexibility index (Phi) is 6.49. The molecular formula is C22H17Cl2N3O4S2. The topological polar surface area (TPSA) is 81.5 Å². The van der Waals surface area contributed by atoms with E-state index in [0.29, 0.717) is 31.5 Å². The highest BCUT2D eigenvalue weighted by Crippen LogP contribution is 2.31. The van der Waals surface area contributed by atoms with Crippen LogP contribution in [-0.2, 0) is 10.0 Å². The first kappa shape index (κ1) is 23.3. The molecule has 0 atom stereocenters. The Balaban J connectivity index is 1.76. The summed E-state index contributed by atoms with van der Waals surface area (Å²) in [6, 6.07) is 16.0. The number of halogens is 2. The third-order valence-corrected chi connectivity index (χ3v) is 7.88. The van der Waals surface area contributed by atoms with Gasteiger partial charge in [0.05, 0.1) is 28.3 Å². The lowest BCUT2D eigenvalue weighted by Crippen LogP contribution is -2.33. The SMILES string of the molecule is COc1ccc(S(=O)(=O)N(C)C(=O)c2cc(-c3cccs3)n(-c3cc(Cl)cc(Cl)c3)n2)cc1. The molecule has 0 fully saturated rings. The highest BCUT2D eigenvalue weighted by Gasteiger charge is 2.29. The molecular weight excluding hydrogens is 505 g/mol. The maximum absolute atomic E-state index is 13.2. The summed E-state index contributed by atoms with van der Waals surface area (Å²) in [7, 11) is -1.43. The van der Waals surface area contributed by atoms with Crippen molar-refractivity contribution in [1.29, 1.82) is 0 Å². The number of ether oxygens (including phenoxy) is 1. The Morgan fingerprint density at radius 3 is 2.30 bits per heavy atom. The molecule has 0 radical (unpaired) electrons. The van der Waals surface area contributed by atoms with E-state index in [1.165, 1.54) is 54.4 Å². The van der Waals surface area contributed by atoms with Crippen LogP contribution in [0.15, 0.2) is 70.9 Å². The Hall–Kier alpha value is -2.85. The van der Waals surface area contributed by atoms with E-state index in [9.17, 15) is 13.2 Å². The second-order valence-corrected chi connectivity index (χ2v) is 10.7. The molecule has 2 aromatic carbocycles. The predicted octanol–water partition coefficient (Wildman–Crippen LogP) is 5.38. The monoisotopic (exact) mass is 521 g/mol. The molecule has 0 bridgehead atoms. The first-order chi connectivity index (χ1) is 15.7. The Labute approximate surface area is 204 Å². The van der Waals surface area contributed by atoms with Crippen molar-refractivity contribution >= 4 is 50.5 Å². The molecule has 0 saturated heterocycles. The number of rotatable bonds is 6. The van der Waals surface area contributed by atoms with Crippen LogP contribution in [0, 0.1) is 0 Å². The molecule has 0 unspecified atom stereocenters. The molecule has 0 spiro atoms. The molecule has 4 rings (SSSR count). The van der Waals surface area contributed by atoms with E-state index in [-0.39, 0.29) is 10.6 Å². The normalized spacial score (nSPS) is 11.4. The largest absolute Gasteiger partial charge is 0.497 e. The molecule has 2 heterocycles. The Bertz CT molecular complexity index is 1400. The number of carbonyl (C=O) groups is 1. The number of thiophene rings is 1. The maximum atomic E-state index is 13.2. The minimum absolute atomic E-state index is 0.0429. The van der Waals surface area contributed by atoms with Gasteiger partial charge in [-0.25, -0.2) is 17.4 Å². The highest BCUT2D eigenvalue weighted by atomic mass is 35.5. The van der Waals surface area contributed by atoms with E-state index in [2.05, 4.69) is 5.10 Å². The molecule has 4 aromatic rings. The fourth-order valence-corrected chi connectivity index (χ4v) is 5.47. The molecule has 2 aromatic heterocycles. The van der Waals surface area contributed by atoms with Gasteiger partial charge in [0.2, 0.25) is 0 Å². The predicted molar refractivity (Wildman–Crippen MR) is 129 cm³/mol. The molecule has 0 N–H and O–H groups in total. The average Bonchev–Trinajstić information content (AvgIpc) is 3.47. The lowest BCUT2D eigenvalue weighted by Gasteiger charge is -2.16. The van der Waals surface area contributed by atoms with Gasteiger partial charge in [0.25, 0.3) is 15.9 Å². The van der Waals surface area contributed by atoms with E-state index < -0.39 is 15.9 Å². The second kappa shape index (κ2) is 9.18. The first-order valence-corrected chi connectivity index (χ1v) is 12.6. The average molecular weight is 522 g/mol. The highest BCUT2D eigenvalue weighted by molar-refractivity contribution is 7.89. The molecule has 1 amide bonds. The van der Waals surface area contributed by atoms with E-state index in [1.807, 2.05) is 17.5 Å². The van der Waals surface area contributed by atoms with Crippen molar-refractivity contribution in [3.63, 3.8) is 0 Å². The molecule has 33 heavy (non-hydrogen) atoms. The van der Waals surface area contributed by atoms with Crippen LogP contribution in [-0.4, -0.2) is 42.6 Å². The number of hydrogen-bond acceptors (Lipinski definition) is 6. The van der Waals surface area contributed by atoms with Gasteiger partial charge in [0.15, 0.2) is 5.69 Å². The van der Waals surface area contributed by atoms with Crippen molar-refractivity contribution in [2.75, 3.05) is 14.2 Å². The fraction of sp³-hybridized carbons (Fsp3) is 0.0909. The summed E-state index contributed by atoms with van der Waals surface area (Å²) in [5.74, 6) is -0.280. The zero-order valence-electron chi connectivity index (χ0n) is 17.4. The van der Waals surface area contributed by atoms with Gasteiger partial charge >= 0.3 is 0 Å². The van der Waals surface area contributed by atoms with E-state index >= 15 is 0 Å². The van der Waals surface area contributed by atoms with Crippen molar-refractivity contribution in [3.8, 4) is 22.0 Å². The lowest BCUT2D eigenvalue weighted by molar-refractivity contribution is 0.0877. The van der Waals surface area contributed by atoms with E-state index in [1.54, 1.807) is 24.3 Å². The Morgan fingerprint density at radius 1 is 1.06 bits per heavy atom. The number of amides is 1. The summed E-state index contributed by atoms with van der Waals surface area (Å²) in [6.45, 7) is 0. The molecule has 0 saturated carbocycles. The van der Waals surface area contributed by atoms with Crippen LogP contribution in [0.1, 0.15) is 10.5 Å². The summed E-state index contributed by atoms with van der Waals surface area (Å²) in [5.41, 5.74) is 1.09. The Morgan fingerprint density at radius 2 is 1.73 bits per heavy atom. The number of methoxy groups -OCH3 is 1. The van der Waals surface area contributed by atoms with Crippen molar-refractivity contribution in [3.05, 3.63) is 81.8 Å². The number of carbonyl (C=O) groups excluding carboxylic acids is 1. The minimum Gasteiger partial charge on any atom is -0.497 e. The number of nitrogens with zero attached hydrogens (tertiary/aromatic N) is 3. The number of sulfonamides is 1. The van der Waals surface area contributed by atoms with Crippen molar-refractivity contribution in [2.24, 2.45) is 0 Å². The summed E-state index contributed by atoms with van der Waals surface area (Å²) in [5, 5.41) is 7.09. The van der Waals surface area contributed by atoms with Gasteiger partial charge in [-0.1, -0.05) is 29.3 Å². The van der Waals surface area contributed by atoms with Gasteiger partial charge in [0.1, 0.15) is 5.75 Å². The van der Waals surface area contributed by atoms with Gasteiger partial charge in [-0.15, -0.1) is 11.3 Å². The van der Waals surface area contributed by atoms with Crippen LogP contribution in [0.25, 0.3) is 16.3 Å². The van der Waals surface area contributed by atoms with Crippen molar-refractivity contribution in [1.82, 2.24) is 14.1 Å². The molecule has 0 aliphatic carbocycles. The van der Waals surface area contributed by atoms with Gasteiger partial charge in [-0.05, 0) is 60.0 Å². The fourth-order valence-electron chi connectivity index (χ4n) is 3.12. The third kappa shape index (κ3) is 4.63. The van der Waals surface area contributed by atoms with Crippen LogP contribution < -0.4 is 4.74 Å². The zero-order valence-corrected chi connectivity index (χ0v) is 20.5. The summed E-state index contributed by atoms with van der Waals surface area (Å²) >= 11 is 13.8. The van der Waals surface area contributed by atoms with Crippen LogP contribution >= 0.6 is 34.5 Å². The van der Waals surface area contributed by atoms with Crippen LogP contribution in [0.5, 0.6) is 5.75 Å². The van der Waals surface area contributed by atoms with Gasteiger partial charge in [-0.3, -0.25) is 4.79 Å². The summed E-state index contributed by atoms with van der Waals surface area (Å²) < 4.78 is 33.3. The van der Waals surface area contributed by atoms with Gasteiger partial charge in [-0.2, -0.15) is 5.10 Å². The van der Waals surface area contributed by atoms with Crippen LogP contribution in [0.4, 0.5) is 0 Å². The molecule has 7 nitrogen and oxygen atoms in total. The van der Waals surface area contributed by atoms with Crippen molar-refractivity contribution in [2.45, 2.75) is 4.90 Å². The zero-order chi connectivity index (χ0) is 23.8. The van der Waals surface area contributed by atoms with Crippen LogP contribution in [0.2, 0.25) is 10.0 Å². The molecule has 0 aliphatic heterocycles.